The average molecular weight is 463 g/mol. The molecule has 2 aromatic heterocycles. The topological polar surface area (TPSA) is 53.3 Å². The van der Waals surface area contributed by atoms with Crippen LogP contribution < -0.4 is 10.2 Å². The Morgan fingerprint density at radius 3 is 2.35 bits per heavy atom. The minimum absolute atomic E-state index is 0.142. The number of pyridine rings is 1. The SMILES string of the molecule is Oc1ccc(N2C(=S)N[C@@H](c3ccccn3)[C@@H]2c2cccn2-c2ccc3ccccc3c2)cc1. The van der Waals surface area contributed by atoms with E-state index < -0.39 is 0 Å². The Morgan fingerprint density at radius 1 is 0.794 bits per heavy atom. The Kier molecular flexibility index (Phi) is 5.00. The van der Waals surface area contributed by atoms with Gasteiger partial charge in [-0.3, -0.25) is 4.98 Å². The molecule has 0 radical (unpaired) electrons. The highest BCUT2D eigenvalue weighted by molar-refractivity contribution is 7.80. The van der Waals surface area contributed by atoms with E-state index in [9.17, 15) is 5.11 Å². The lowest BCUT2D eigenvalue weighted by atomic mass is 10.0. The van der Waals surface area contributed by atoms with E-state index in [0.717, 1.165) is 22.8 Å². The molecule has 166 valence electrons. The third-order valence-electron chi connectivity index (χ3n) is 6.32. The van der Waals surface area contributed by atoms with E-state index in [0.29, 0.717) is 5.11 Å². The van der Waals surface area contributed by atoms with Crippen LogP contribution in [0.1, 0.15) is 23.5 Å². The van der Waals surface area contributed by atoms with Gasteiger partial charge in [0.2, 0.25) is 0 Å². The number of hydrogen-bond donors (Lipinski definition) is 2. The summed E-state index contributed by atoms with van der Waals surface area (Å²) in [5, 5.41) is 16.4. The van der Waals surface area contributed by atoms with Crippen LogP contribution in [-0.4, -0.2) is 19.8 Å². The Bertz CT molecular complexity index is 1480. The van der Waals surface area contributed by atoms with Crippen molar-refractivity contribution in [1.82, 2.24) is 14.9 Å². The van der Waals surface area contributed by atoms with Gasteiger partial charge in [-0.2, -0.15) is 0 Å². The summed E-state index contributed by atoms with van der Waals surface area (Å²) in [6, 6.07) is 31.9. The highest BCUT2D eigenvalue weighted by atomic mass is 32.1. The van der Waals surface area contributed by atoms with Gasteiger partial charge in [0.1, 0.15) is 11.8 Å². The lowest BCUT2D eigenvalue weighted by Gasteiger charge is -2.29. The fraction of sp³-hybridized carbons (Fsp3) is 0.0714. The molecule has 0 bridgehead atoms. The predicted molar refractivity (Wildman–Crippen MR) is 139 cm³/mol. The highest BCUT2D eigenvalue weighted by Gasteiger charge is 2.42. The zero-order valence-electron chi connectivity index (χ0n) is 18.2. The molecule has 1 aliphatic rings. The molecule has 6 heteroatoms. The molecule has 6 rings (SSSR count). The van der Waals surface area contributed by atoms with Crippen LogP contribution >= 0.6 is 12.2 Å². The molecule has 3 heterocycles. The molecule has 5 nitrogen and oxygen atoms in total. The van der Waals surface area contributed by atoms with Gasteiger partial charge in [0.15, 0.2) is 5.11 Å². The molecule has 34 heavy (non-hydrogen) atoms. The van der Waals surface area contributed by atoms with Crippen LogP contribution in [0.25, 0.3) is 16.5 Å². The van der Waals surface area contributed by atoms with Crippen molar-refractivity contribution >= 4 is 33.8 Å². The second-order valence-electron chi connectivity index (χ2n) is 8.35. The number of fused-ring (bicyclic) bond motifs is 1. The first-order valence-corrected chi connectivity index (χ1v) is 11.6. The number of anilines is 1. The van der Waals surface area contributed by atoms with E-state index in [1.54, 1.807) is 12.1 Å². The second kappa shape index (κ2) is 8.32. The minimum Gasteiger partial charge on any atom is -0.508 e. The first kappa shape index (κ1) is 20.4. The fourth-order valence-electron chi connectivity index (χ4n) is 4.74. The summed E-state index contributed by atoms with van der Waals surface area (Å²) in [5.41, 5.74) is 4.00. The maximum absolute atomic E-state index is 9.84. The number of phenolic OH excluding ortho intramolecular Hbond substituents is 1. The monoisotopic (exact) mass is 462 g/mol. The maximum atomic E-state index is 9.84. The van der Waals surface area contributed by atoms with Crippen LogP contribution in [-0.2, 0) is 0 Å². The molecule has 0 amide bonds. The van der Waals surface area contributed by atoms with E-state index in [2.05, 4.69) is 80.6 Å². The number of thiocarbonyl (C=S) groups is 1. The molecule has 0 saturated carbocycles. The van der Waals surface area contributed by atoms with Crippen molar-refractivity contribution in [3.05, 3.63) is 121 Å². The van der Waals surface area contributed by atoms with Gasteiger partial charge in [0.05, 0.1) is 11.7 Å². The first-order valence-electron chi connectivity index (χ1n) is 11.2. The number of hydrogen-bond acceptors (Lipinski definition) is 3. The molecule has 0 unspecified atom stereocenters. The van der Waals surface area contributed by atoms with Gasteiger partial charge in [0.25, 0.3) is 0 Å². The molecule has 1 fully saturated rings. The summed E-state index contributed by atoms with van der Waals surface area (Å²) in [7, 11) is 0. The van der Waals surface area contributed by atoms with Gasteiger partial charge >= 0.3 is 0 Å². The summed E-state index contributed by atoms with van der Waals surface area (Å²) >= 11 is 5.82. The number of nitrogens with one attached hydrogen (secondary N) is 1. The van der Waals surface area contributed by atoms with Gasteiger partial charge in [-0.05, 0) is 83.7 Å². The third-order valence-corrected chi connectivity index (χ3v) is 6.64. The molecule has 2 atom stereocenters. The molecule has 1 saturated heterocycles. The van der Waals surface area contributed by atoms with Crippen LogP contribution in [0.5, 0.6) is 5.75 Å². The number of aromatic nitrogens is 2. The lowest BCUT2D eigenvalue weighted by Crippen LogP contribution is -2.30. The van der Waals surface area contributed by atoms with E-state index in [4.69, 9.17) is 12.2 Å². The second-order valence-corrected chi connectivity index (χ2v) is 8.73. The molecule has 0 aliphatic carbocycles. The van der Waals surface area contributed by atoms with Crippen molar-refractivity contribution in [2.24, 2.45) is 0 Å². The number of benzene rings is 3. The van der Waals surface area contributed by atoms with E-state index >= 15 is 0 Å². The Hall–Kier alpha value is -4.16. The van der Waals surface area contributed by atoms with Crippen LogP contribution in [0.3, 0.4) is 0 Å². The van der Waals surface area contributed by atoms with Crippen molar-refractivity contribution in [2.45, 2.75) is 12.1 Å². The van der Waals surface area contributed by atoms with Crippen LogP contribution in [0.4, 0.5) is 5.69 Å². The summed E-state index contributed by atoms with van der Waals surface area (Å²) in [5.74, 6) is 0.221. The number of aromatic hydroxyl groups is 1. The van der Waals surface area contributed by atoms with Crippen LogP contribution in [0, 0.1) is 0 Å². The predicted octanol–water partition coefficient (Wildman–Crippen LogP) is 5.91. The first-order chi connectivity index (χ1) is 16.7. The Labute approximate surface area is 202 Å². The lowest BCUT2D eigenvalue weighted by molar-refractivity contribution is 0.475. The molecule has 0 spiro atoms. The van der Waals surface area contributed by atoms with Crippen molar-refractivity contribution in [1.29, 1.82) is 0 Å². The molecule has 2 N–H and O–H groups in total. The molecule has 3 aromatic carbocycles. The van der Waals surface area contributed by atoms with Crippen molar-refractivity contribution in [3.8, 4) is 11.4 Å². The van der Waals surface area contributed by atoms with Crippen molar-refractivity contribution in [3.63, 3.8) is 0 Å². The average Bonchev–Trinajstić information content (AvgIpc) is 3.49. The zero-order chi connectivity index (χ0) is 23.1. The minimum atomic E-state index is -0.145. The van der Waals surface area contributed by atoms with Crippen molar-refractivity contribution in [2.75, 3.05) is 4.90 Å². The van der Waals surface area contributed by atoms with E-state index in [1.807, 2.05) is 36.5 Å². The van der Waals surface area contributed by atoms with Gasteiger partial charge in [-0.15, -0.1) is 0 Å². The Morgan fingerprint density at radius 2 is 1.56 bits per heavy atom. The summed E-state index contributed by atoms with van der Waals surface area (Å²) < 4.78 is 2.22. The van der Waals surface area contributed by atoms with Crippen LogP contribution in [0.2, 0.25) is 0 Å². The number of rotatable bonds is 4. The van der Waals surface area contributed by atoms with Crippen molar-refractivity contribution < 1.29 is 5.11 Å². The van der Waals surface area contributed by atoms with Gasteiger partial charge < -0.3 is 19.9 Å². The van der Waals surface area contributed by atoms with Gasteiger partial charge in [0, 0.05) is 29.5 Å². The largest absolute Gasteiger partial charge is 0.508 e. The summed E-state index contributed by atoms with van der Waals surface area (Å²) in [4.78, 5) is 6.75. The molecule has 5 aromatic rings. The number of nitrogens with zero attached hydrogens (tertiary/aromatic N) is 3. The van der Waals surface area contributed by atoms with Crippen LogP contribution in [0.15, 0.2) is 109 Å². The normalized spacial score (nSPS) is 17.8. The third kappa shape index (κ3) is 3.49. The summed E-state index contributed by atoms with van der Waals surface area (Å²) in [6.07, 6.45) is 3.90. The molecular formula is C28H22N4OS. The van der Waals surface area contributed by atoms with E-state index in [-0.39, 0.29) is 17.8 Å². The Balaban J connectivity index is 1.51. The highest BCUT2D eigenvalue weighted by Crippen LogP contribution is 2.42. The molecule has 1 aliphatic heterocycles. The standard InChI is InChI=1S/C28H22N4OS/c33-23-14-12-21(13-15-23)32-27(26(30-28(32)34)24-8-3-4-16-29-24)25-9-5-17-31(25)22-11-10-19-6-1-2-7-20(19)18-22/h1-18,26-27,33H,(H,30,34)/t26-,27-/m0/s1. The quantitative estimate of drug-likeness (QED) is 0.325. The smallest absolute Gasteiger partial charge is 0.174 e. The van der Waals surface area contributed by atoms with E-state index in [1.165, 1.54) is 10.8 Å². The van der Waals surface area contributed by atoms with Gasteiger partial charge in [-0.25, -0.2) is 0 Å². The molecular weight excluding hydrogens is 440 g/mol. The number of phenols is 1. The fourth-order valence-corrected chi connectivity index (χ4v) is 5.09. The zero-order valence-corrected chi connectivity index (χ0v) is 19.1. The summed E-state index contributed by atoms with van der Waals surface area (Å²) in [6.45, 7) is 0. The maximum Gasteiger partial charge on any atom is 0.174 e. The van der Waals surface area contributed by atoms with Gasteiger partial charge in [-0.1, -0.05) is 36.4 Å².